The molecule has 0 aliphatic carbocycles. The molecule has 1 fully saturated rings. The van der Waals surface area contributed by atoms with E-state index in [4.69, 9.17) is 12.2 Å². The summed E-state index contributed by atoms with van der Waals surface area (Å²) >= 11 is 9.14. The van der Waals surface area contributed by atoms with Gasteiger partial charge >= 0.3 is 0 Å². The standard InChI is InChI=1S/C11H13FN2S2/c12-9-3-1-2-4-10(9)13-5-7-14(8-6-13)11(15)16/h1-4H,5-8H2,(H,15,16). The van der Waals surface area contributed by atoms with Crippen molar-refractivity contribution >= 4 is 34.9 Å². The van der Waals surface area contributed by atoms with Gasteiger partial charge in [0, 0.05) is 26.2 Å². The van der Waals surface area contributed by atoms with Gasteiger partial charge in [-0.25, -0.2) is 4.39 Å². The van der Waals surface area contributed by atoms with E-state index in [9.17, 15) is 4.39 Å². The lowest BCUT2D eigenvalue weighted by Gasteiger charge is -2.36. The zero-order valence-corrected chi connectivity index (χ0v) is 10.5. The van der Waals surface area contributed by atoms with Crippen LogP contribution >= 0.6 is 24.8 Å². The first-order valence-corrected chi connectivity index (χ1v) is 6.01. The summed E-state index contributed by atoms with van der Waals surface area (Å²) < 4.78 is 14.2. The highest BCUT2D eigenvalue weighted by molar-refractivity contribution is 8.10. The molecule has 0 unspecified atom stereocenters. The van der Waals surface area contributed by atoms with Crippen LogP contribution in [0.1, 0.15) is 0 Å². The Hall–Kier alpha value is -0.810. The molecule has 0 atom stereocenters. The van der Waals surface area contributed by atoms with Crippen molar-refractivity contribution in [3.05, 3.63) is 30.1 Å². The van der Waals surface area contributed by atoms with Crippen LogP contribution in [0.5, 0.6) is 0 Å². The molecule has 0 radical (unpaired) electrons. The Kier molecular flexibility index (Phi) is 3.66. The van der Waals surface area contributed by atoms with E-state index in [2.05, 4.69) is 12.6 Å². The smallest absolute Gasteiger partial charge is 0.146 e. The lowest BCUT2D eigenvalue weighted by molar-refractivity contribution is 0.395. The monoisotopic (exact) mass is 256 g/mol. The molecule has 1 aromatic carbocycles. The van der Waals surface area contributed by atoms with Crippen molar-refractivity contribution in [3.8, 4) is 0 Å². The summed E-state index contributed by atoms with van der Waals surface area (Å²) in [6.07, 6.45) is 0. The zero-order valence-electron chi connectivity index (χ0n) is 8.77. The molecule has 86 valence electrons. The Morgan fingerprint density at radius 2 is 1.81 bits per heavy atom. The summed E-state index contributed by atoms with van der Waals surface area (Å²) in [5.74, 6) is -0.163. The Morgan fingerprint density at radius 3 is 2.38 bits per heavy atom. The number of thiocarbonyl (C=S) groups is 1. The third-order valence-electron chi connectivity index (χ3n) is 2.74. The summed E-state index contributed by atoms with van der Waals surface area (Å²) in [6, 6.07) is 6.86. The first-order chi connectivity index (χ1) is 7.68. The van der Waals surface area contributed by atoms with Crippen LogP contribution in [0, 0.1) is 5.82 Å². The number of thiol groups is 1. The van der Waals surface area contributed by atoms with Gasteiger partial charge in [-0.3, -0.25) is 0 Å². The van der Waals surface area contributed by atoms with Crippen LogP contribution in [-0.2, 0) is 0 Å². The summed E-state index contributed by atoms with van der Waals surface area (Å²) in [6.45, 7) is 3.16. The largest absolute Gasteiger partial charge is 0.366 e. The lowest BCUT2D eigenvalue weighted by Crippen LogP contribution is -2.47. The second-order valence-corrected chi connectivity index (χ2v) is 4.82. The van der Waals surface area contributed by atoms with Gasteiger partial charge in [-0.05, 0) is 12.1 Å². The maximum Gasteiger partial charge on any atom is 0.146 e. The predicted molar refractivity (Wildman–Crippen MR) is 71.8 cm³/mol. The molecule has 1 aliphatic heterocycles. The third-order valence-corrected chi connectivity index (χ3v) is 3.28. The van der Waals surface area contributed by atoms with Crippen molar-refractivity contribution in [3.63, 3.8) is 0 Å². The van der Waals surface area contributed by atoms with Crippen LogP contribution in [0.3, 0.4) is 0 Å². The SMILES string of the molecule is Fc1ccccc1N1CCN(C(=S)S)CC1. The minimum Gasteiger partial charge on any atom is -0.366 e. The number of hydrogen-bond donors (Lipinski definition) is 1. The lowest BCUT2D eigenvalue weighted by atomic mass is 10.2. The van der Waals surface area contributed by atoms with Gasteiger partial charge in [-0.1, -0.05) is 24.4 Å². The third kappa shape index (κ3) is 2.47. The first kappa shape index (κ1) is 11.7. The van der Waals surface area contributed by atoms with Gasteiger partial charge in [0.05, 0.1) is 5.69 Å². The normalized spacial score (nSPS) is 16.4. The minimum absolute atomic E-state index is 0.163. The molecule has 1 aromatic rings. The predicted octanol–water partition coefficient (Wildman–Crippen LogP) is 2.16. The van der Waals surface area contributed by atoms with Crippen molar-refractivity contribution in [2.45, 2.75) is 0 Å². The molecule has 0 N–H and O–H groups in total. The van der Waals surface area contributed by atoms with Crippen LogP contribution in [0.4, 0.5) is 10.1 Å². The number of benzene rings is 1. The highest BCUT2D eigenvalue weighted by Gasteiger charge is 2.19. The molecule has 2 rings (SSSR count). The van der Waals surface area contributed by atoms with Gasteiger partial charge in [0.25, 0.3) is 0 Å². The molecule has 0 aromatic heterocycles. The fourth-order valence-electron chi connectivity index (χ4n) is 1.85. The van der Waals surface area contributed by atoms with Crippen molar-refractivity contribution < 1.29 is 4.39 Å². The molecular weight excluding hydrogens is 243 g/mol. The summed E-state index contributed by atoms with van der Waals surface area (Å²) in [4.78, 5) is 4.06. The summed E-state index contributed by atoms with van der Waals surface area (Å²) in [5, 5.41) is 0. The maximum absolute atomic E-state index is 13.5. The van der Waals surface area contributed by atoms with E-state index in [0.717, 1.165) is 26.2 Å². The van der Waals surface area contributed by atoms with Crippen LogP contribution in [0.25, 0.3) is 0 Å². The van der Waals surface area contributed by atoms with Crippen LogP contribution in [-0.4, -0.2) is 35.4 Å². The van der Waals surface area contributed by atoms with E-state index >= 15 is 0 Å². The number of anilines is 1. The van der Waals surface area contributed by atoms with Crippen molar-refractivity contribution in [2.75, 3.05) is 31.1 Å². The van der Waals surface area contributed by atoms with Crippen LogP contribution in [0.15, 0.2) is 24.3 Å². The second kappa shape index (κ2) is 5.01. The molecule has 1 saturated heterocycles. The molecule has 16 heavy (non-hydrogen) atoms. The zero-order chi connectivity index (χ0) is 11.5. The number of rotatable bonds is 1. The number of para-hydroxylation sites is 1. The summed E-state index contributed by atoms with van der Waals surface area (Å²) in [5.41, 5.74) is 0.673. The Balaban J connectivity index is 2.05. The van der Waals surface area contributed by atoms with Gasteiger partial charge in [-0.2, -0.15) is 0 Å². The first-order valence-electron chi connectivity index (χ1n) is 5.16. The van der Waals surface area contributed by atoms with E-state index in [1.807, 2.05) is 21.9 Å². The molecule has 1 heterocycles. The minimum atomic E-state index is -0.163. The molecule has 0 amide bonds. The van der Waals surface area contributed by atoms with Crippen molar-refractivity contribution in [1.82, 2.24) is 4.90 Å². The number of piperazine rings is 1. The van der Waals surface area contributed by atoms with Gasteiger partial charge in [0.1, 0.15) is 10.1 Å². The number of halogens is 1. The fourth-order valence-corrected chi connectivity index (χ4v) is 2.23. The van der Waals surface area contributed by atoms with Gasteiger partial charge in [0.2, 0.25) is 0 Å². The van der Waals surface area contributed by atoms with Crippen molar-refractivity contribution in [1.29, 1.82) is 0 Å². The van der Waals surface area contributed by atoms with E-state index in [-0.39, 0.29) is 5.82 Å². The van der Waals surface area contributed by atoms with Crippen LogP contribution < -0.4 is 4.90 Å². The average molecular weight is 256 g/mol. The average Bonchev–Trinajstić information content (AvgIpc) is 2.30. The fraction of sp³-hybridized carbons (Fsp3) is 0.364. The summed E-state index contributed by atoms with van der Waals surface area (Å²) in [7, 11) is 0. The number of nitrogens with zero attached hydrogens (tertiary/aromatic N) is 2. The van der Waals surface area contributed by atoms with Gasteiger partial charge in [-0.15, -0.1) is 12.6 Å². The van der Waals surface area contributed by atoms with Crippen LogP contribution in [0.2, 0.25) is 0 Å². The topological polar surface area (TPSA) is 6.48 Å². The Bertz CT molecular complexity index is 389. The Labute approximate surface area is 105 Å². The molecule has 2 nitrogen and oxygen atoms in total. The second-order valence-electron chi connectivity index (χ2n) is 3.71. The molecule has 0 spiro atoms. The molecule has 0 saturated carbocycles. The quantitative estimate of drug-likeness (QED) is 0.608. The van der Waals surface area contributed by atoms with E-state index in [0.29, 0.717) is 10.0 Å². The molecule has 5 heteroatoms. The van der Waals surface area contributed by atoms with Gasteiger partial charge in [0.15, 0.2) is 0 Å². The number of hydrogen-bond acceptors (Lipinski definition) is 2. The highest BCUT2D eigenvalue weighted by atomic mass is 32.1. The van der Waals surface area contributed by atoms with E-state index in [1.54, 1.807) is 6.07 Å². The molecule has 1 aliphatic rings. The van der Waals surface area contributed by atoms with Crippen molar-refractivity contribution in [2.24, 2.45) is 0 Å². The van der Waals surface area contributed by atoms with E-state index < -0.39 is 0 Å². The Morgan fingerprint density at radius 1 is 1.19 bits per heavy atom. The highest BCUT2D eigenvalue weighted by Crippen LogP contribution is 2.20. The molecule has 0 bridgehead atoms. The molecular formula is C11H13FN2S2. The van der Waals surface area contributed by atoms with Gasteiger partial charge < -0.3 is 9.80 Å². The maximum atomic E-state index is 13.5. The van der Waals surface area contributed by atoms with E-state index in [1.165, 1.54) is 6.07 Å².